The lowest BCUT2D eigenvalue weighted by Gasteiger charge is -1.96. The van der Waals surface area contributed by atoms with Gasteiger partial charge in [0, 0.05) is 6.42 Å². The predicted octanol–water partition coefficient (Wildman–Crippen LogP) is 1.14. The highest BCUT2D eigenvalue weighted by atomic mass is 19.1. The standard InChI is InChI=1S/C6H14FN/c1-8(2)6-4-3-5-7/h3-6H2,1-2H3/q+1. The van der Waals surface area contributed by atoms with E-state index in [1.165, 1.54) is 0 Å². The van der Waals surface area contributed by atoms with Crippen LogP contribution < -0.4 is 4.90 Å². The third kappa shape index (κ3) is 5.89. The Morgan fingerprint density at radius 3 is 2.25 bits per heavy atom. The van der Waals surface area contributed by atoms with E-state index >= 15 is 0 Å². The summed E-state index contributed by atoms with van der Waals surface area (Å²) in [7, 11) is 4.00. The van der Waals surface area contributed by atoms with Crippen LogP contribution in [0.5, 0.6) is 0 Å². The number of rotatable bonds is 4. The van der Waals surface area contributed by atoms with E-state index < -0.39 is 0 Å². The average molecular weight is 119 g/mol. The lowest BCUT2D eigenvalue weighted by Crippen LogP contribution is -2.19. The molecule has 0 aromatic heterocycles. The topological polar surface area (TPSA) is 5.90 Å². The first-order chi connectivity index (χ1) is 3.77. The summed E-state index contributed by atoms with van der Waals surface area (Å²) in [6.45, 7) is 0.831. The average Bonchev–Trinajstić information content (AvgIpc) is 1.66. The van der Waals surface area contributed by atoms with Gasteiger partial charge in [0.15, 0.2) is 0 Å². The zero-order valence-corrected chi connectivity index (χ0v) is 5.65. The predicted molar refractivity (Wildman–Crippen MR) is 34.1 cm³/mol. The summed E-state index contributed by atoms with van der Waals surface area (Å²) in [5, 5.41) is 0. The molecule has 0 saturated heterocycles. The molecule has 0 rings (SSSR count). The van der Waals surface area contributed by atoms with Gasteiger partial charge in [0.25, 0.3) is 0 Å². The number of hydrogen-bond donors (Lipinski definition) is 0. The Labute approximate surface area is 50.5 Å². The Morgan fingerprint density at radius 1 is 1.25 bits per heavy atom. The maximum Gasteiger partial charge on any atom is 0.122 e. The Hall–Kier alpha value is -0.110. The van der Waals surface area contributed by atoms with Gasteiger partial charge in [-0.25, -0.2) is 0 Å². The molecule has 0 aromatic rings. The second kappa shape index (κ2) is 5.04. The maximum atomic E-state index is 11.4. The molecular weight excluding hydrogens is 105 g/mol. The molecule has 2 heteroatoms. The van der Waals surface area contributed by atoms with E-state index in [0.29, 0.717) is 6.42 Å². The van der Waals surface area contributed by atoms with Gasteiger partial charge in [-0.1, -0.05) is 0 Å². The van der Waals surface area contributed by atoms with Crippen molar-refractivity contribution in [3.63, 3.8) is 0 Å². The summed E-state index contributed by atoms with van der Waals surface area (Å²) >= 11 is 0. The van der Waals surface area contributed by atoms with Crippen LogP contribution in [0.15, 0.2) is 0 Å². The maximum absolute atomic E-state index is 11.4. The Morgan fingerprint density at radius 2 is 1.88 bits per heavy atom. The molecule has 0 atom stereocenters. The Balaban J connectivity index is 2.72. The van der Waals surface area contributed by atoms with E-state index in [1.807, 2.05) is 14.1 Å². The smallest absolute Gasteiger partial charge is 0.122 e. The zero-order valence-electron chi connectivity index (χ0n) is 5.65. The van der Waals surface area contributed by atoms with E-state index in [9.17, 15) is 4.39 Å². The van der Waals surface area contributed by atoms with E-state index in [4.69, 9.17) is 0 Å². The summed E-state index contributed by atoms with van der Waals surface area (Å²) in [5.41, 5.74) is 0. The normalized spacial score (nSPS) is 10.5. The molecular formula is C6H14FN+. The van der Waals surface area contributed by atoms with Crippen molar-refractivity contribution in [3.8, 4) is 0 Å². The first-order valence-corrected chi connectivity index (χ1v) is 2.98. The van der Waals surface area contributed by atoms with Crippen molar-refractivity contribution in [1.82, 2.24) is 4.90 Å². The summed E-state index contributed by atoms with van der Waals surface area (Å²) in [5.74, 6) is 0. The van der Waals surface area contributed by atoms with E-state index in [0.717, 1.165) is 13.0 Å². The molecule has 1 nitrogen and oxygen atoms in total. The second-order valence-corrected chi connectivity index (χ2v) is 2.20. The SMILES string of the molecule is C[N+](C)CCCCF. The van der Waals surface area contributed by atoms with Gasteiger partial charge in [0.2, 0.25) is 0 Å². The minimum absolute atomic E-state index is 0.173. The summed E-state index contributed by atoms with van der Waals surface area (Å²) in [4.78, 5) is 2.07. The molecule has 1 radical (unpaired) electrons. The highest BCUT2D eigenvalue weighted by molar-refractivity contribution is 4.47. The molecule has 0 aromatic carbocycles. The highest BCUT2D eigenvalue weighted by Gasteiger charge is 1.96. The monoisotopic (exact) mass is 119 g/mol. The fourth-order valence-corrected chi connectivity index (χ4v) is 0.523. The van der Waals surface area contributed by atoms with Crippen molar-refractivity contribution < 1.29 is 4.39 Å². The highest BCUT2D eigenvalue weighted by Crippen LogP contribution is 1.88. The van der Waals surface area contributed by atoms with Crippen LogP contribution in [0, 0.1) is 0 Å². The van der Waals surface area contributed by atoms with Crippen molar-refractivity contribution >= 4 is 0 Å². The number of hydrogen-bond acceptors (Lipinski definition) is 1. The first-order valence-electron chi connectivity index (χ1n) is 2.98. The van der Waals surface area contributed by atoms with Gasteiger partial charge in [-0.05, 0) is 6.42 Å². The van der Waals surface area contributed by atoms with Gasteiger partial charge in [-0.3, -0.25) is 4.39 Å². The molecule has 8 heavy (non-hydrogen) atoms. The lowest BCUT2D eigenvalue weighted by molar-refractivity contribution is 0.438. The number of unbranched alkanes of at least 4 members (excludes halogenated alkanes) is 1. The van der Waals surface area contributed by atoms with Crippen LogP contribution in [0.2, 0.25) is 0 Å². The Bertz CT molecular complexity index is 45.8. The molecule has 0 saturated carbocycles. The van der Waals surface area contributed by atoms with Crippen LogP contribution in [-0.2, 0) is 0 Å². The quantitative estimate of drug-likeness (QED) is 0.386. The third-order valence-electron chi connectivity index (χ3n) is 0.989. The van der Waals surface area contributed by atoms with Crippen molar-refractivity contribution in [3.05, 3.63) is 0 Å². The van der Waals surface area contributed by atoms with Gasteiger partial charge in [0.1, 0.15) is 20.6 Å². The minimum atomic E-state index is -0.173. The molecule has 0 bridgehead atoms. The molecule has 0 heterocycles. The molecule has 0 spiro atoms. The third-order valence-corrected chi connectivity index (χ3v) is 0.989. The zero-order chi connectivity index (χ0) is 6.41. The van der Waals surface area contributed by atoms with Crippen LogP contribution in [0.25, 0.3) is 0 Å². The molecule has 0 amide bonds. The number of nitrogens with zero attached hydrogens (tertiary/aromatic N) is 1. The number of halogens is 1. The minimum Gasteiger partial charge on any atom is -0.251 e. The summed E-state index contributed by atoms with van der Waals surface area (Å²) < 4.78 is 11.4. The van der Waals surface area contributed by atoms with Crippen molar-refractivity contribution in [2.45, 2.75) is 12.8 Å². The molecule has 0 aliphatic carbocycles. The van der Waals surface area contributed by atoms with Gasteiger partial charge < -0.3 is 0 Å². The molecule has 49 valence electrons. The number of alkyl halides is 1. The van der Waals surface area contributed by atoms with Crippen LogP contribution in [0.4, 0.5) is 4.39 Å². The van der Waals surface area contributed by atoms with Gasteiger partial charge >= 0.3 is 0 Å². The second-order valence-electron chi connectivity index (χ2n) is 2.20. The molecule has 0 unspecified atom stereocenters. The van der Waals surface area contributed by atoms with Crippen molar-refractivity contribution in [2.75, 3.05) is 27.3 Å². The van der Waals surface area contributed by atoms with Gasteiger partial charge in [0.05, 0.1) is 6.67 Å². The first kappa shape index (κ1) is 7.89. The van der Waals surface area contributed by atoms with Gasteiger partial charge in [-0.2, -0.15) is 4.90 Å². The fourth-order valence-electron chi connectivity index (χ4n) is 0.523. The molecule has 0 N–H and O–H groups in total. The van der Waals surface area contributed by atoms with Crippen LogP contribution in [0.3, 0.4) is 0 Å². The van der Waals surface area contributed by atoms with Crippen LogP contribution in [0.1, 0.15) is 12.8 Å². The van der Waals surface area contributed by atoms with E-state index in [1.54, 1.807) is 0 Å². The van der Waals surface area contributed by atoms with Crippen molar-refractivity contribution in [2.24, 2.45) is 0 Å². The van der Waals surface area contributed by atoms with Gasteiger partial charge in [-0.15, -0.1) is 0 Å². The fraction of sp³-hybridized carbons (Fsp3) is 1.00. The van der Waals surface area contributed by atoms with Crippen molar-refractivity contribution in [1.29, 1.82) is 0 Å². The van der Waals surface area contributed by atoms with Crippen LogP contribution >= 0.6 is 0 Å². The molecule has 0 aliphatic rings. The summed E-state index contributed by atoms with van der Waals surface area (Å²) in [6, 6.07) is 0. The van der Waals surface area contributed by atoms with E-state index in [2.05, 4.69) is 4.90 Å². The lowest BCUT2D eigenvalue weighted by atomic mass is 10.3. The summed E-state index contributed by atoms with van der Waals surface area (Å²) in [6.07, 6.45) is 1.68. The molecule has 0 fully saturated rings. The Kier molecular flexibility index (Phi) is 4.97. The van der Waals surface area contributed by atoms with E-state index in [-0.39, 0.29) is 6.67 Å². The van der Waals surface area contributed by atoms with Crippen LogP contribution in [-0.4, -0.2) is 27.3 Å². The largest absolute Gasteiger partial charge is 0.251 e. The molecule has 0 aliphatic heterocycles.